The van der Waals surface area contributed by atoms with Crippen molar-refractivity contribution in [1.82, 2.24) is 0 Å². The van der Waals surface area contributed by atoms with Crippen LogP contribution < -0.4 is 0 Å². The Kier molecular flexibility index (Phi) is 3.72. The van der Waals surface area contributed by atoms with Gasteiger partial charge in [0.2, 0.25) is 5.76 Å². The van der Waals surface area contributed by atoms with Crippen LogP contribution in [-0.2, 0) is 4.74 Å². The molecule has 4 heteroatoms. The molecule has 0 spiro atoms. The van der Waals surface area contributed by atoms with E-state index in [1.165, 1.54) is 7.11 Å². The predicted octanol–water partition coefficient (Wildman–Crippen LogP) is 3.87. The molecule has 18 heavy (non-hydrogen) atoms. The molecule has 0 amide bonds. The molecule has 1 aromatic carbocycles. The number of carbonyl (C=O) groups excluding carboxylic acids is 1. The Bertz CT molecular complexity index is 560. The minimum absolute atomic E-state index is 0.0166. The predicted molar refractivity (Wildman–Crippen MR) is 69.0 cm³/mol. The normalized spacial score (nSPS) is 12.2. The van der Waals surface area contributed by atoms with E-state index in [0.717, 1.165) is 5.56 Å². The molecule has 0 saturated carbocycles. The third-order valence-corrected chi connectivity index (χ3v) is 3.16. The number of methoxy groups -OCH3 is 1. The number of hydrogen-bond donors (Lipinski definition) is 0. The summed E-state index contributed by atoms with van der Waals surface area (Å²) in [5.74, 6) is 0.389. The van der Waals surface area contributed by atoms with Gasteiger partial charge >= 0.3 is 5.97 Å². The van der Waals surface area contributed by atoms with Gasteiger partial charge in [0.05, 0.1) is 7.11 Å². The van der Waals surface area contributed by atoms with Gasteiger partial charge in [0.1, 0.15) is 5.76 Å². The van der Waals surface area contributed by atoms with Crippen molar-refractivity contribution in [2.24, 2.45) is 0 Å². The summed E-state index contributed by atoms with van der Waals surface area (Å²) in [5.41, 5.74) is 0.963. The molecule has 0 aliphatic carbocycles. The van der Waals surface area contributed by atoms with Gasteiger partial charge in [-0.2, -0.15) is 0 Å². The van der Waals surface area contributed by atoms with E-state index in [4.69, 9.17) is 16.0 Å². The minimum atomic E-state index is -0.479. The Hall–Kier alpha value is -1.74. The van der Waals surface area contributed by atoms with E-state index in [-0.39, 0.29) is 11.7 Å². The summed E-state index contributed by atoms with van der Waals surface area (Å²) in [6.07, 6.45) is 0. The summed E-state index contributed by atoms with van der Waals surface area (Å²) in [6.45, 7) is 1.97. The van der Waals surface area contributed by atoms with E-state index < -0.39 is 5.97 Å². The Morgan fingerprint density at radius 2 is 2.00 bits per heavy atom. The van der Waals surface area contributed by atoms with E-state index in [1.807, 2.05) is 31.2 Å². The summed E-state index contributed by atoms with van der Waals surface area (Å²) in [4.78, 5) is 11.3. The summed E-state index contributed by atoms with van der Waals surface area (Å²) >= 11 is 6.13. The van der Waals surface area contributed by atoms with Crippen molar-refractivity contribution in [3.8, 4) is 0 Å². The second-order valence-corrected chi connectivity index (χ2v) is 4.34. The van der Waals surface area contributed by atoms with Gasteiger partial charge in [-0.3, -0.25) is 0 Å². The molecule has 1 heterocycles. The number of halogens is 1. The number of carbonyl (C=O) groups is 1. The zero-order valence-electron chi connectivity index (χ0n) is 10.1. The van der Waals surface area contributed by atoms with Gasteiger partial charge in [-0.05, 0) is 23.8 Å². The van der Waals surface area contributed by atoms with E-state index >= 15 is 0 Å². The van der Waals surface area contributed by atoms with E-state index in [9.17, 15) is 4.79 Å². The van der Waals surface area contributed by atoms with Crippen molar-refractivity contribution in [1.29, 1.82) is 0 Å². The molecule has 3 nitrogen and oxygen atoms in total. The number of ether oxygens (including phenoxy) is 1. The van der Waals surface area contributed by atoms with E-state index in [1.54, 1.807) is 12.1 Å². The van der Waals surface area contributed by atoms with Gasteiger partial charge in [-0.25, -0.2) is 4.79 Å². The van der Waals surface area contributed by atoms with Crippen LogP contribution in [0.5, 0.6) is 0 Å². The Morgan fingerprint density at radius 3 is 2.67 bits per heavy atom. The van der Waals surface area contributed by atoms with Gasteiger partial charge in [0.25, 0.3) is 0 Å². The fraction of sp³-hybridized carbons (Fsp3) is 0.214. The lowest BCUT2D eigenvalue weighted by atomic mass is 9.99. The molecule has 0 bridgehead atoms. The SMILES string of the molecule is COC(=O)c1ccc(C(C)c2ccccc2Cl)o1. The first kappa shape index (κ1) is 12.7. The first-order valence-electron chi connectivity index (χ1n) is 5.56. The van der Waals surface area contributed by atoms with Crippen molar-refractivity contribution < 1.29 is 13.9 Å². The molecule has 0 saturated heterocycles. The molecule has 2 rings (SSSR count). The Labute approximate surface area is 110 Å². The van der Waals surface area contributed by atoms with Gasteiger partial charge in [0, 0.05) is 10.9 Å². The van der Waals surface area contributed by atoms with Gasteiger partial charge < -0.3 is 9.15 Å². The Balaban J connectivity index is 2.29. The monoisotopic (exact) mass is 264 g/mol. The zero-order valence-corrected chi connectivity index (χ0v) is 10.9. The second-order valence-electron chi connectivity index (χ2n) is 3.94. The van der Waals surface area contributed by atoms with Crippen molar-refractivity contribution >= 4 is 17.6 Å². The third kappa shape index (κ3) is 2.41. The highest BCUT2D eigenvalue weighted by atomic mass is 35.5. The van der Waals surface area contributed by atoms with Crippen LogP contribution in [-0.4, -0.2) is 13.1 Å². The molecule has 1 atom stereocenters. The maximum Gasteiger partial charge on any atom is 0.373 e. The molecule has 0 aliphatic heterocycles. The van der Waals surface area contributed by atoms with Crippen LogP contribution in [0.25, 0.3) is 0 Å². The number of esters is 1. The molecule has 1 unspecified atom stereocenters. The minimum Gasteiger partial charge on any atom is -0.463 e. The topological polar surface area (TPSA) is 39.4 Å². The van der Waals surface area contributed by atoms with E-state index in [2.05, 4.69) is 4.74 Å². The quantitative estimate of drug-likeness (QED) is 0.790. The molecule has 1 aromatic heterocycles. The average molecular weight is 265 g/mol. The van der Waals surface area contributed by atoms with Gasteiger partial charge in [-0.1, -0.05) is 36.7 Å². The second kappa shape index (κ2) is 5.27. The average Bonchev–Trinajstić information content (AvgIpc) is 2.87. The van der Waals surface area contributed by atoms with Crippen LogP contribution in [0.4, 0.5) is 0 Å². The molecule has 2 aromatic rings. The highest BCUT2D eigenvalue weighted by Gasteiger charge is 2.18. The molecule has 0 N–H and O–H groups in total. The summed E-state index contributed by atoms with van der Waals surface area (Å²) in [7, 11) is 1.32. The number of furan rings is 1. The molecule has 0 aliphatic rings. The lowest BCUT2D eigenvalue weighted by molar-refractivity contribution is 0.0563. The molecule has 0 fully saturated rings. The fourth-order valence-corrected chi connectivity index (χ4v) is 2.07. The standard InChI is InChI=1S/C14H13ClO3/c1-9(10-5-3-4-6-11(10)15)12-7-8-13(18-12)14(16)17-2/h3-9H,1-2H3. The lowest BCUT2D eigenvalue weighted by Gasteiger charge is -2.10. The van der Waals surface area contributed by atoms with E-state index in [0.29, 0.717) is 10.8 Å². The zero-order chi connectivity index (χ0) is 13.1. The summed E-state index contributed by atoms with van der Waals surface area (Å²) in [6, 6.07) is 10.9. The fourth-order valence-electron chi connectivity index (χ4n) is 1.78. The van der Waals surface area contributed by atoms with Crippen LogP contribution >= 0.6 is 11.6 Å². The van der Waals surface area contributed by atoms with Crippen molar-refractivity contribution in [3.05, 3.63) is 58.5 Å². The van der Waals surface area contributed by atoms with Crippen LogP contribution in [0, 0.1) is 0 Å². The van der Waals surface area contributed by atoms with Gasteiger partial charge in [-0.15, -0.1) is 0 Å². The van der Waals surface area contributed by atoms with Crippen LogP contribution in [0.3, 0.4) is 0 Å². The van der Waals surface area contributed by atoms with Crippen LogP contribution in [0.1, 0.15) is 34.7 Å². The largest absolute Gasteiger partial charge is 0.463 e. The smallest absolute Gasteiger partial charge is 0.373 e. The van der Waals surface area contributed by atoms with Crippen molar-refractivity contribution in [3.63, 3.8) is 0 Å². The molecule has 0 radical (unpaired) electrons. The third-order valence-electron chi connectivity index (χ3n) is 2.81. The van der Waals surface area contributed by atoms with Crippen molar-refractivity contribution in [2.45, 2.75) is 12.8 Å². The first-order chi connectivity index (χ1) is 8.63. The lowest BCUT2D eigenvalue weighted by Crippen LogP contribution is -1.99. The highest BCUT2D eigenvalue weighted by molar-refractivity contribution is 6.31. The van der Waals surface area contributed by atoms with Gasteiger partial charge in [0.15, 0.2) is 0 Å². The first-order valence-corrected chi connectivity index (χ1v) is 5.93. The molecular formula is C14H13ClO3. The van der Waals surface area contributed by atoms with Crippen LogP contribution in [0.2, 0.25) is 5.02 Å². The highest BCUT2D eigenvalue weighted by Crippen LogP contribution is 2.30. The summed E-state index contributed by atoms with van der Waals surface area (Å²) in [5, 5.41) is 0.681. The number of rotatable bonds is 3. The molecular weight excluding hydrogens is 252 g/mol. The maximum absolute atomic E-state index is 11.3. The Morgan fingerprint density at radius 1 is 1.28 bits per heavy atom. The maximum atomic E-state index is 11.3. The van der Waals surface area contributed by atoms with Crippen LogP contribution in [0.15, 0.2) is 40.8 Å². The van der Waals surface area contributed by atoms with Crippen molar-refractivity contribution in [2.75, 3.05) is 7.11 Å². The number of hydrogen-bond acceptors (Lipinski definition) is 3. The number of benzene rings is 1. The molecule has 94 valence electrons. The summed E-state index contributed by atoms with van der Waals surface area (Å²) < 4.78 is 10.1.